The lowest BCUT2D eigenvalue weighted by molar-refractivity contribution is 0.0153. The van der Waals surface area contributed by atoms with Crippen LogP contribution in [-0.4, -0.2) is 38.6 Å². The Morgan fingerprint density at radius 2 is 1.71 bits per heavy atom. The molecule has 1 saturated heterocycles. The molecule has 14 heavy (non-hydrogen) atoms. The summed E-state index contributed by atoms with van der Waals surface area (Å²) in [6.07, 6.45) is 2.65. The second-order valence-corrected chi connectivity index (χ2v) is 5.86. The normalized spacial score (nSPS) is 23.8. The highest BCUT2D eigenvalue weighted by Gasteiger charge is 2.42. The van der Waals surface area contributed by atoms with Gasteiger partial charge in [0.15, 0.2) is 0 Å². The molecule has 0 amide bonds. The molecule has 0 radical (unpaired) electrons. The Kier molecular flexibility index (Phi) is 3.59. The van der Waals surface area contributed by atoms with Gasteiger partial charge in [0.25, 0.3) is 0 Å². The van der Waals surface area contributed by atoms with Gasteiger partial charge in [-0.2, -0.15) is 0 Å². The summed E-state index contributed by atoms with van der Waals surface area (Å²) >= 11 is 0. The third-order valence-corrected chi connectivity index (χ3v) is 4.05. The maximum Gasteiger partial charge on any atom is 0.00108 e. The highest BCUT2D eigenvalue weighted by Crippen LogP contribution is 2.46. The van der Waals surface area contributed by atoms with Gasteiger partial charge >= 0.3 is 0 Å². The van der Waals surface area contributed by atoms with E-state index in [1.54, 1.807) is 0 Å². The van der Waals surface area contributed by atoms with Crippen molar-refractivity contribution in [1.29, 1.82) is 0 Å². The molecular weight excluding hydrogens is 172 g/mol. The van der Waals surface area contributed by atoms with Crippen molar-refractivity contribution >= 4 is 0 Å². The summed E-state index contributed by atoms with van der Waals surface area (Å²) in [6, 6.07) is 0. The molecule has 84 valence electrons. The third kappa shape index (κ3) is 2.29. The summed E-state index contributed by atoms with van der Waals surface area (Å²) in [5.41, 5.74) is 0.908. The second-order valence-electron chi connectivity index (χ2n) is 5.86. The molecule has 2 nitrogen and oxygen atoms in total. The van der Waals surface area contributed by atoms with E-state index in [9.17, 15) is 0 Å². The maximum atomic E-state index is 3.38. The molecule has 0 bridgehead atoms. The fourth-order valence-corrected chi connectivity index (χ4v) is 2.58. The van der Waals surface area contributed by atoms with Crippen molar-refractivity contribution in [3.8, 4) is 0 Å². The van der Waals surface area contributed by atoms with Crippen LogP contribution >= 0.6 is 0 Å². The molecule has 1 rings (SSSR count). The lowest BCUT2D eigenvalue weighted by Crippen LogP contribution is -2.50. The van der Waals surface area contributed by atoms with E-state index in [-0.39, 0.29) is 0 Å². The van der Waals surface area contributed by atoms with E-state index in [4.69, 9.17) is 0 Å². The Labute approximate surface area is 89.1 Å². The van der Waals surface area contributed by atoms with Crippen molar-refractivity contribution in [2.75, 3.05) is 33.7 Å². The van der Waals surface area contributed by atoms with Crippen molar-refractivity contribution < 1.29 is 0 Å². The van der Waals surface area contributed by atoms with Gasteiger partial charge < -0.3 is 10.2 Å². The van der Waals surface area contributed by atoms with Gasteiger partial charge in [0.2, 0.25) is 0 Å². The molecule has 0 aromatic rings. The molecule has 1 N–H and O–H groups in total. The Morgan fingerprint density at radius 1 is 1.21 bits per heavy atom. The van der Waals surface area contributed by atoms with E-state index >= 15 is 0 Å². The molecule has 2 heteroatoms. The topological polar surface area (TPSA) is 15.3 Å². The van der Waals surface area contributed by atoms with E-state index in [1.165, 1.54) is 25.9 Å². The summed E-state index contributed by atoms with van der Waals surface area (Å²) in [7, 11) is 4.30. The predicted octanol–water partition coefficient (Wildman–Crippen LogP) is 1.96. The van der Waals surface area contributed by atoms with Gasteiger partial charge in [-0.15, -0.1) is 0 Å². The number of nitrogens with one attached hydrogen (secondary N) is 1. The monoisotopic (exact) mass is 198 g/mol. The highest BCUT2D eigenvalue weighted by atomic mass is 15.1. The average Bonchev–Trinajstić information content (AvgIpc) is 2.07. The molecule has 0 spiro atoms. The molecule has 1 aliphatic heterocycles. The number of nitrogens with zero attached hydrogens (tertiary/aromatic N) is 1. The zero-order valence-corrected chi connectivity index (χ0v) is 10.5. The highest BCUT2D eigenvalue weighted by molar-refractivity contribution is 4.95. The maximum absolute atomic E-state index is 3.38. The lowest BCUT2D eigenvalue weighted by atomic mass is 9.61. The summed E-state index contributed by atoms with van der Waals surface area (Å²) in [5.74, 6) is 0. The zero-order valence-electron chi connectivity index (χ0n) is 10.5. The minimum Gasteiger partial charge on any atom is -0.319 e. The van der Waals surface area contributed by atoms with Gasteiger partial charge in [-0.1, -0.05) is 20.8 Å². The average molecular weight is 198 g/mol. The Morgan fingerprint density at radius 3 is 2.07 bits per heavy atom. The van der Waals surface area contributed by atoms with Crippen LogP contribution in [0.15, 0.2) is 0 Å². The van der Waals surface area contributed by atoms with Crippen LogP contribution in [-0.2, 0) is 0 Å². The van der Waals surface area contributed by atoms with Crippen molar-refractivity contribution in [3.63, 3.8) is 0 Å². The minimum absolute atomic E-state index is 0.414. The number of likely N-dealkylation sites (tertiary alicyclic amines) is 1. The zero-order chi connectivity index (χ0) is 10.8. The summed E-state index contributed by atoms with van der Waals surface area (Å²) < 4.78 is 0. The van der Waals surface area contributed by atoms with Gasteiger partial charge in [0.1, 0.15) is 0 Å². The fourth-order valence-electron chi connectivity index (χ4n) is 2.58. The van der Waals surface area contributed by atoms with Crippen molar-refractivity contribution in [2.24, 2.45) is 10.8 Å². The SMILES string of the molecule is CNCC1(C(C)(C)C)CCN(C)CC1. The molecule has 1 aliphatic rings. The molecule has 0 atom stereocenters. The molecular formula is C12H26N2. The molecule has 0 aromatic heterocycles. The Hall–Kier alpha value is -0.0800. The van der Waals surface area contributed by atoms with Gasteiger partial charge in [-0.25, -0.2) is 0 Å². The first-order chi connectivity index (χ1) is 6.41. The first-order valence-electron chi connectivity index (χ1n) is 5.74. The van der Waals surface area contributed by atoms with Crippen molar-refractivity contribution in [1.82, 2.24) is 10.2 Å². The van der Waals surface area contributed by atoms with Crippen LogP contribution in [0, 0.1) is 10.8 Å². The van der Waals surface area contributed by atoms with Gasteiger partial charge in [-0.05, 0) is 50.9 Å². The smallest absolute Gasteiger partial charge is 0.00108 e. The largest absolute Gasteiger partial charge is 0.319 e. The fraction of sp³-hybridized carbons (Fsp3) is 1.00. The van der Waals surface area contributed by atoms with Crippen LogP contribution in [0.3, 0.4) is 0 Å². The summed E-state index contributed by atoms with van der Waals surface area (Å²) in [6.45, 7) is 10.8. The summed E-state index contributed by atoms with van der Waals surface area (Å²) in [4.78, 5) is 2.44. The molecule has 1 heterocycles. The number of hydrogen-bond acceptors (Lipinski definition) is 2. The van der Waals surface area contributed by atoms with Gasteiger partial charge in [-0.3, -0.25) is 0 Å². The third-order valence-electron chi connectivity index (χ3n) is 4.05. The molecule has 0 saturated carbocycles. The van der Waals surface area contributed by atoms with Crippen LogP contribution in [0.5, 0.6) is 0 Å². The van der Waals surface area contributed by atoms with Gasteiger partial charge in [0.05, 0.1) is 0 Å². The minimum atomic E-state index is 0.414. The second kappa shape index (κ2) is 4.19. The first kappa shape index (κ1) is 12.0. The van der Waals surface area contributed by atoms with E-state index in [0.29, 0.717) is 10.8 Å². The van der Waals surface area contributed by atoms with Crippen LogP contribution in [0.2, 0.25) is 0 Å². The number of hydrogen-bond donors (Lipinski definition) is 1. The van der Waals surface area contributed by atoms with Gasteiger partial charge in [0, 0.05) is 6.54 Å². The van der Waals surface area contributed by atoms with E-state index < -0.39 is 0 Å². The number of rotatable bonds is 2. The standard InChI is InChI=1S/C12H26N2/c1-11(2,3)12(10-13-4)6-8-14(5)9-7-12/h13H,6-10H2,1-5H3. The quantitative estimate of drug-likeness (QED) is 0.730. The van der Waals surface area contributed by atoms with Crippen LogP contribution in [0.25, 0.3) is 0 Å². The molecule has 0 aliphatic carbocycles. The molecule has 0 unspecified atom stereocenters. The van der Waals surface area contributed by atoms with Crippen LogP contribution in [0.4, 0.5) is 0 Å². The predicted molar refractivity (Wildman–Crippen MR) is 62.5 cm³/mol. The van der Waals surface area contributed by atoms with Crippen molar-refractivity contribution in [2.45, 2.75) is 33.6 Å². The van der Waals surface area contributed by atoms with Crippen LogP contribution in [0.1, 0.15) is 33.6 Å². The van der Waals surface area contributed by atoms with Crippen LogP contribution < -0.4 is 5.32 Å². The van der Waals surface area contributed by atoms with E-state index in [1.807, 2.05) is 0 Å². The first-order valence-corrected chi connectivity index (χ1v) is 5.74. The Bertz CT molecular complexity index is 173. The molecule has 1 fully saturated rings. The number of piperidine rings is 1. The summed E-state index contributed by atoms with van der Waals surface area (Å²) in [5, 5.41) is 3.38. The van der Waals surface area contributed by atoms with E-state index in [0.717, 1.165) is 6.54 Å². The Balaban J connectivity index is 2.73. The van der Waals surface area contributed by atoms with Crippen molar-refractivity contribution in [3.05, 3.63) is 0 Å². The van der Waals surface area contributed by atoms with E-state index in [2.05, 4.69) is 45.1 Å². The lowest BCUT2D eigenvalue weighted by Gasteiger charge is -2.49. The molecule has 0 aromatic carbocycles.